The Morgan fingerprint density at radius 1 is 1.11 bits per heavy atom. The van der Waals surface area contributed by atoms with Gasteiger partial charge >= 0.3 is 0 Å². The lowest BCUT2D eigenvalue weighted by molar-refractivity contribution is -0.125. The van der Waals surface area contributed by atoms with Crippen LogP contribution in [0.3, 0.4) is 0 Å². The average Bonchev–Trinajstić information content (AvgIpc) is 3.22. The van der Waals surface area contributed by atoms with Crippen LogP contribution in [-0.4, -0.2) is 75.3 Å². The van der Waals surface area contributed by atoms with E-state index in [4.69, 9.17) is 4.74 Å². The normalized spacial score (nSPS) is 17.4. The molecule has 4 heterocycles. The molecule has 3 aliphatic rings. The van der Waals surface area contributed by atoms with Crippen molar-refractivity contribution in [2.45, 2.75) is 44.2 Å². The number of ether oxygens (including phenoxy) is 1. The molecule has 1 spiro atoms. The molecule has 240 valence electrons. The molecule has 0 radical (unpaired) electrons. The van der Waals surface area contributed by atoms with Gasteiger partial charge in [0.1, 0.15) is 11.6 Å². The van der Waals surface area contributed by atoms with Crippen LogP contribution >= 0.6 is 0 Å². The van der Waals surface area contributed by atoms with Gasteiger partial charge < -0.3 is 14.5 Å². The number of sulfonamides is 1. The molecule has 1 N–H and O–H groups in total. The summed E-state index contributed by atoms with van der Waals surface area (Å²) in [4.78, 5) is 28.5. The van der Waals surface area contributed by atoms with Gasteiger partial charge in [0.05, 0.1) is 41.9 Å². The maximum absolute atomic E-state index is 15.7. The predicted molar refractivity (Wildman–Crippen MR) is 177 cm³/mol. The van der Waals surface area contributed by atoms with Crippen LogP contribution in [0.5, 0.6) is 5.75 Å². The van der Waals surface area contributed by atoms with Crippen LogP contribution < -0.4 is 19.3 Å². The Labute approximate surface area is 268 Å². The molecule has 1 saturated carbocycles. The van der Waals surface area contributed by atoms with Gasteiger partial charge in [-0.05, 0) is 49.2 Å². The third-order valence-corrected chi connectivity index (χ3v) is 10.4. The second-order valence-corrected chi connectivity index (χ2v) is 14.4. The molecular weight excluding hydrogens is 607 g/mol. The van der Waals surface area contributed by atoms with E-state index in [0.29, 0.717) is 30.0 Å². The van der Waals surface area contributed by atoms with Gasteiger partial charge in [-0.2, -0.15) is 0 Å². The maximum atomic E-state index is 15.7. The number of fused-ring (bicyclic) bond motifs is 4. The number of rotatable bonds is 9. The van der Waals surface area contributed by atoms with Gasteiger partial charge in [-0.15, -0.1) is 0 Å². The molecule has 7 rings (SSSR count). The summed E-state index contributed by atoms with van der Waals surface area (Å²) < 4.78 is 48.5. The zero-order valence-electron chi connectivity index (χ0n) is 26.4. The third kappa shape index (κ3) is 5.04. The molecule has 4 aromatic rings. The number of anilines is 3. The van der Waals surface area contributed by atoms with E-state index in [1.54, 1.807) is 43.6 Å². The molecule has 2 aromatic heterocycles. The van der Waals surface area contributed by atoms with Crippen LogP contribution in [0.4, 0.5) is 21.6 Å². The number of amides is 1. The van der Waals surface area contributed by atoms with E-state index in [2.05, 4.69) is 38.6 Å². The summed E-state index contributed by atoms with van der Waals surface area (Å²) in [5.41, 5.74) is 3.71. The summed E-state index contributed by atoms with van der Waals surface area (Å²) in [6.07, 6.45) is 6.79. The van der Waals surface area contributed by atoms with Crippen LogP contribution in [0.2, 0.25) is 0 Å². The summed E-state index contributed by atoms with van der Waals surface area (Å²) in [6.45, 7) is 5.09. The molecule has 2 fully saturated rings. The first-order valence-electron chi connectivity index (χ1n) is 15.5. The summed E-state index contributed by atoms with van der Waals surface area (Å²) in [7, 11) is -0.247. The van der Waals surface area contributed by atoms with Crippen molar-refractivity contribution in [3.05, 3.63) is 71.8 Å². The number of carbonyl (C=O) groups is 1. The van der Waals surface area contributed by atoms with Gasteiger partial charge in [-0.1, -0.05) is 25.5 Å². The standard InChI is InChI=1S/C34H37FN6O4S/c1-5-40(18-21-7-9-24(45-3)10-8-21)23-19-41(20-23)32-29(38-46(4,43)44)13-22(16-37-32)25-14-26-28(15-27(25)35)36-17-30-31(26)34(11-6-12-34)33(42)39(30)2/h7-10,13-17,23,38H,5-6,11-12,18-20H2,1-4H3. The molecule has 10 nitrogen and oxygen atoms in total. The predicted octanol–water partition coefficient (Wildman–Crippen LogP) is 4.92. The molecule has 2 aromatic carbocycles. The molecule has 0 unspecified atom stereocenters. The van der Waals surface area contributed by atoms with Gasteiger partial charge in [0.2, 0.25) is 15.9 Å². The highest BCUT2D eigenvalue weighted by Crippen LogP contribution is 2.55. The first kappa shape index (κ1) is 30.4. The fourth-order valence-electron chi connectivity index (χ4n) is 7.17. The molecule has 1 amide bonds. The van der Waals surface area contributed by atoms with E-state index in [0.717, 1.165) is 61.0 Å². The van der Waals surface area contributed by atoms with E-state index >= 15 is 4.39 Å². The van der Waals surface area contributed by atoms with Crippen molar-refractivity contribution in [2.75, 3.05) is 54.6 Å². The minimum atomic E-state index is -3.66. The van der Waals surface area contributed by atoms with Crippen LogP contribution in [0, 0.1) is 5.82 Å². The van der Waals surface area contributed by atoms with Crippen LogP contribution in [0.1, 0.15) is 37.3 Å². The largest absolute Gasteiger partial charge is 0.497 e. The molecule has 46 heavy (non-hydrogen) atoms. The van der Waals surface area contributed by atoms with Gasteiger partial charge in [0, 0.05) is 67.1 Å². The zero-order chi connectivity index (χ0) is 32.4. The van der Waals surface area contributed by atoms with Crippen molar-refractivity contribution in [1.29, 1.82) is 0 Å². The minimum absolute atomic E-state index is 0.0538. The fraction of sp³-hybridized carbons (Fsp3) is 0.382. The Kier molecular flexibility index (Phi) is 7.39. The topological polar surface area (TPSA) is 108 Å². The number of nitrogens with one attached hydrogen (secondary N) is 1. The van der Waals surface area contributed by atoms with E-state index in [1.165, 1.54) is 11.6 Å². The smallest absolute Gasteiger partial charge is 0.237 e. The lowest BCUT2D eigenvalue weighted by Crippen LogP contribution is -2.59. The molecular formula is C34H37FN6O4S. The number of methoxy groups -OCH3 is 1. The second-order valence-electron chi connectivity index (χ2n) is 12.6. The van der Waals surface area contributed by atoms with Crippen LogP contribution in [-0.2, 0) is 26.8 Å². The molecule has 1 aliphatic carbocycles. The lowest BCUT2D eigenvalue weighted by Gasteiger charge is -2.46. The summed E-state index contributed by atoms with van der Waals surface area (Å²) in [5, 5.41) is 0.732. The van der Waals surface area contributed by atoms with E-state index < -0.39 is 21.3 Å². The number of benzene rings is 2. The molecule has 2 aliphatic heterocycles. The number of hydrogen-bond donors (Lipinski definition) is 1. The van der Waals surface area contributed by atoms with E-state index in [1.807, 2.05) is 17.0 Å². The monoisotopic (exact) mass is 644 g/mol. The number of halogens is 1. The van der Waals surface area contributed by atoms with Gasteiger partial charge in [-0.25, -0.2) is 17.8 Å². The van der Waals surface area contributed by atoms with Crippen molar-refractivity contribution in [2.24, 2.45) is 0 Å². The highest BCUT2D eigenvalue weighted by molar-refractivity contribution is 7.92. The van der Waals surface area contributed by atoms with E-state index in [9.17, 15) is 13.2 Å². The van der Waals surface area contributed by atoms with Crippen molar-refractivity contribution in [3.63, 3.8) is 0 Å². The number of hydrogen-bond acceptors (Lipinski definition) is 8. The summed E-state index contributed by atoms with van der Waals surface area (Å²) in [6, 6.07) is 13.1. The van der Waals surface area contributed by atoms with Gasteiger partial charge in [0.25, 0.3) is 0 Å². The number of nitrogens with zero attached hydrogens (tertiary/aromatic N) is 5. The number of aromatic nitrogens is 2. The zero-order valence-corrected chi connectivity index (χ0v) is 27.2. The summed E-state index contributed by atoms with van der Waals surface area (Å²) in [5.74, 6) is 0.867. The highest BCUT2D eigenvalue weighted by atomic mass is 32.2. The minimum Gasteiger partial charge on any atom is -0.497 e. The first-order valence-corrected chi connectivity index (χ1v) is 17.4. The Bertz CT molecular complexity index is 1960. The third-order valence-electron chi connectivity index (χ3n) is 9.80. The SMILES string of the molecule is CCN(Cc1ccc(OC)cc1)C1CN(c2ncc(-c3cc4c5c(cnc4cc3F)N(C)C(=O)C53CCC3)cc2NS(C)(=O)=O)C1. The first-order chi connectivity index (χ1) is 22.0. The maximum Gasteiger partial charge on any atom is 0.237 e. The molecule has 12 heteroatoms. The second kappa shape index (κ2) is 11.2. The van der Waals surface area contributed by atoms with Crippen molar-refractivity contribution in [3.8, 4) is 16.9 Å². The van der Waals surface area contributed by atoms with Gasteiger partial charge in [0.15, 0.2) is 5.82 Å². The van der Waals surface area contributed by atoms with Crippen molar-refractivity contribution >= 4 is 44.0 Å². The number of pyridine rings is 2. The van der Waals surface area contributed by atoms with Crippen LogP contribution in [0.25, 0.3) is 22.0 Å². The Balaban J connectivity index is 1.20. The van der Waals surface area contributed by atoms with Crippen LogP contribution in [0.15, 0.2) is 54.9 Å². The quantitative estimate of drug-likeness (QED) is 0.274. The molecule has 0 bridgehead atoms. The Morgan fingerprint density at radius 2 is 1.85 bits per heavy atom. The van der Waals surface area contributed by atoms with Crippen molar-refractivity contribution in [1.82, 2.24) is 14.9 Å². The molecule has 1 saturated heterocycles. The Morgan fingerprint density at radius 3 is 2.48 bits per heavy atom. The highest BCUT2D eigenvalue weighted by Gasteiger charge is 2.54. The van der Waals surface area contributed by atoms with Gasteiger partial charge in [-0.3, -0.25) is 19.4 Å². The molecule has 0 atom stereocenters. The fourth-order valence-corrected chi connectivity index (χ4v) is 7.72. The number of carbonyl (C=O) groups excluding carboxylic acids is 1. The number of likely N-dealkylation sites (N-methyl/N-ethyl adjacent to an activating group) is 2. The average molecular weight is 645 g/mol. The van der Waals surface area contributed by atoms with Crippen molar-refractivity contribution < 1.29 is 22.3 Å². The lowest BCUT2D eigenvalue weighted by atomic mass is 9.64. The summed E-state index contributed by atoms with van der Waals surface area (Å²) >= 11 is 0. The Hall–Kier alpha value is -4.29. The van der Waals surface area contributed by atoms with E-state index in [-0.39, 0.29) is 23.2 Å².